The number of aliphatic carboxylic acids is 1. The first kappa shape index (κ1) is 14.8. The molecule has 0 aliphatic carbocycles. The van der Waals surface area contributed by atoms with Crippen molar-refractivity contribution in [2.75, 3.05) is 6.61 Å². The highest BCUT2D eigenvalue weighted by Gasteiger charge is 2.11. The number of benzene rings is 1. The summed E-state index contributed by atoms with van der Waals surface area (Å²) in [5.41, 5.74) is 0.835. The van der Waals surface area contributed by atoms with E-state index in [4.69, 9.17) is 9.84 Å². The Labute approximate surface area is 111 Å². The predicted octanol–water partition coefficient (Wildman–Crippen LogP) is 1.69. The summed E-state index contributed by atoms with van der Waals surface area (Å²) in [4.78, 5) is 22.0. The van der Waals surface area contributed by atoms with E-state index in [9.17, 15) is 9.59 Å². The molecule has 1 atom stereocenters. The standard InChI is InChI=1S/C14H17NO4/c1-3-19-12-7-4-11(5-8-12)6-9-13(16)15-10(2)14(17)18/h4-10H,3H2,1-2H3,(H,15,16)(H,17,18)/b9-6+/t10-/m1/s1. The number of carboxylic acids is 1. The maximum Gasteiger partial charge on any atom is 0.325 e. The third-order valence-electron chi connectivity index (χ3n) is 2.35. The molecule has 1 aromatic rings. The molecule has 0 aliphatic heterocycles. The number of carboxylic acid groups (broad SMARTS) is 1. The van der Waals surface area contributed by atoms with E-state index >= 15 is 0 Å². The average Bonchev–Trinajstić information content (AvgIpc) is 2.38. The minimum absolute atomic E-state index is 0.441. The Morgan fingerprint density at radius 3 is 2.53 bits per heavy atom. The van der Waals surface area contributed by atoms with Gasteiger partial charge in [0.2, 0.25) is 5.91 Å². The molecule has 19 heavy (non-hydrogen) atoms. The molecule has 1 rings (SSSR count). The number of carbonyl (C=O) groups excluding carboxylic acids is 1. The zero-order valence-corrected chi connectivity index (χ0v) is 10.9. The first-order valence-electron chi connectivity index (χ1n) is 5.97. The van der Waals surface area contributed by atoms with Crippen molar-refractivity contribution in [2.24, 2.45) is 0 Å². The molecule has 1 aromatic carbocycles. The van der Waals surface area contributed by atoms with Crippen molar-refractivity contribution < 1.29 is 19.4 Å². The zero-order valence-electron chi connectivity index (χ0n) is 10.9. The number of rotatable bonds is 6. The van der Waals surface area contributed by atoms with Gasteiger partial charge in [-0.05, 0) is 37.6 Å². The smallest absolute Gasteiger partial charge is 0.325 e. The monoisotopic (exact) mass is 263 g/mol. The van der Waals surface area contributed by atoms with Crippen LogP contribution in [0.2, 0.25) is 0 Å². The Kier molecular flexibility index (Phi) is 5.60. The van der Waals surface area contributed by atoms with Gasteiger partial charge in [-0.2, -0.15) is 0 Å². The lowest BCUT2D eigenvalue weighted by Gasteiger charge is -2.06. The Balaban J connectivity index is 2.56. The van der Waals surface area contributed by atoms with E-state index in [2.05, 4.69) is 5.32 Å². The lowest BCUT2D eigenvalue weighted by atomic mass is 10.2. The van der Waals surface area contributed by atoms with Crippen LogP contribution in [0.1, 0.15) is 19.4 Å². The highest BCUT2D eigenvalue weighted by Crippen LogP contribution is 2.12. The minimum atomic E-state index is -1.07. The summed E-state index contributed by atoms with van der Waals surface area (Å²) in [7, 11) is 0. The van der Waals surface area contributed by atoms with Crippen LogP contribution in [0, 0.1) is 0 Å². The number of nitrogens with one attached hydrogen (secondary N) is 1. The molecular weight excluding hydrogens is 246 g/mol. The molecule has 5 nitrogen and oxygen atoms in total. The van der Waals surface area contributed by atoms with Gasteiger partial charge in [-0.1, -0.05) is 12.1 Å². The lowest BCUT2D eigenvalue weighted by Crippen LogP contribution is -2.37. The van der Waals surface area contributed by atoms with Gasteiger partial charge >= 0.3 is 5.97 Å². The van der Waals surface area contributed by atoms with Gasteiger partial charge in [0.15, 0.2) is 0 Å². The summed E-state index contributed by atoms with van der Waals surface area (Å²) in [6.07, 6.45) is 2.91. The third kappa shape index (κ3) is 5.25. The van der Waals surface area contributed by atoms with Crippen molar-refractivity contribution in [1.82, 2.24) is 5.32 Å². The van der Waals surface area contributed by atoms with Crippen molar-refractivity contribution >= 4 is 18.0 Å². The van der Waals surface area contributed by atoms with Crippen LogP contribution in [0.25, 0.3) is 6.08 Å². The minimum Gasteiger partial charge on any atom is -0.494 e. The third-order valence-corrected chi connectivity index (χ3v) is 2.35. The van der Waals surface area contributed by atoms with Crippen molar-refractivity contribution in [2.45, 2.75) is 19.9 Å². The molecule has 0 spiro atoms. The van der Waals surface area contributed by atoms with Crippen molar-refractivity contribution in [3.63, 3.8) is 0 Å². The van der Waals surface area contributed by atoms with Crippen LogP contribution in [0.5, 0.6) is 5.75 Å². The maximum absolute atomic E-state index is 11.4. The van der Waals surface area contributed by atoms with Crippen LogP contribution < -0.4 is 10.1 Å². The van der Waals surface area contributed by atoms with Crippen LogP contribution in [-0.2, 0) is 9.59 Å². The topological polar surface area (TPSA) is 75.6 Å². The molecule has 0 saturated heterocycles. The van der Waals surface area contributed by atoms with Crippen LogP contribution in [0.3, 0.4) is 0 Å². The second-order valence-electron chi connectivity index (χ2n) is 3.90. The molecule has 1 amide bonds. The molecule has 2 N–H and O–H groups in total. The first-order valence-corrected chi connectivity index (χ1v) is 5.97. The van der Waals surface area contributed by atoms with E-state index in [-0.39, 0.29) is 0 Å². The molecule has 5 heteroatoms. The van der Waals surface area contributed by atoms with E-state index in [1.54, 1.807) is 18.2 Å². The second kappa shape index (κ2) is 7.20. The number of carbonyl (C=O) groups is 2. The summed E-state index contributed by atoms with van der Waals surface area (Å²) < 4.78 is 5.30. The molecule has 102 valence electrons. The zero-order chi connectivity index (χ0) is 14.3. The van der Waals surface area contributed by atoms with E-state index in [0.717, 1.165) is 11.3 Å². The molecule has 0 unspecified atom stereocenters. The molecule has 0 aromatic heterocycles. The van der Waals surface area contributed by atoms with Crippen molar-refractivity contribution in [3.05, 3.63) is 35.9 Å². The summed E-state index contributed by atoms with van der Waals surface area (Å²) >= 11 is 0. The number of amides is 1. The second-order valence-corrected chi connectivity index (χ2v) is 3.90. The van der Waals surface area contributed by atoms with Gasteiger partial charge in [-0.3, -0.25) is 9.59 Å². The Morgan fingerprint density at radius 2 is 2.00 bits per heavy atom. The van der Waals surface area contributed by atoms with Crippen molar-refractivity contribution in [3.8, 4) is 5.75 Å². The van der Waals surface area contributed by atoms with Crippen LogP contribution in [0.4, 0.5) is 0 Å². The van der Waals surface area contributed by atoms with E-state index in [0.29, 0.717) is 6.61 Å². The van der Waals surface area contributed by atoms with Gasteiger partial charge in [0.05, 0.1) is 6.61 Å². The van der Waals surface area contributed by atoms with Crippen molar-refractivity contribution in [1.29, 1.82) is 0 Å². The molecule has 0 bridgehead atoms. The van der Waals surface area contributed by atoms with Gasteiger partial charge < -0.3 is 15.2 Å². The van der Waals surface area contributed by atoms with Gasteiger partial charge in [-0.25, -0.2) is 0 Å². The van der Waals surface area contributed by atoms with E-state index < -0.39 is 17.9 Å². The SMILES string of the molecule is CCOc1ccc(/C=C/C(=O)N[C@H](C)C(=O)O)cc1. The molecule has 0 fully saturated rings. The largest absolute Gasteiger partial charge is 0.494 e. The lowest BCUT2D eigenvalue weighted by molar-refractivity contribution is -0.140. The van der Waals surface area contributed by atoms with E-state index in [1.165, 1.54) is 13.0 Å². The van der Waals surface area contributed by atoms with E-state index in [1.807, 2.05) is 19.1 Å². The normalized spacial score (nSPS) is 12.1. The van der Waals surface area contributed by atoms with Crippen LogP contribution in [-0.4, -0.2) is 29.6 Å². The molecular formula is C14H17NO4. The molecule has 0 radical (unpaired) electrons. The quantitative estimate of drug-likeness (QED) is 0.766. The Hall–Kier alpha value is -2.30. The van der Waals surface area contributed by atoms with Gasteiger partial charge in [-0.15, -0.1) is 0 Å². The Morgan fingerprint density at radius 1 is 1.37 bits per heavy atom. The fourth-order valence-corrected chi connectivity index (χ4v) is 1.34. The first-order chi connectivity index (χ1) is 9.02. The van der Waals surface area contributed by atoms with Crippen LogP contribution >= 0.6 is 0 Å². The number of hydrogen-bond acceptors (Lipinski definition) is 3. The Bertz CT molecular complexity index is 465. The molecule has 0 saturated carbocycles. The average molecular weight is 263 g/mol. The maximum atomic E-state index is 11.4. The van der Waals surface area contributed by atoms with Crippen LogP contribution in [0.15, 0.2) is 30.3 Å². The highest BCUT2D eigenvalue weighted by atomic mass is 16.5. The fourth-order valence-electron chi connectivity index (χ4n) is 1.34. The summed E-state index contributed by atoms with van der Waals surface area (Å²) in [6, 6.07) is 6.34. The van der Waals surface area contributed by atoms with Gasteiger partial charge in [0.1, 0.15) is 11.8 Å². The predicted molar refractivity (Wildman–Crippen MR) is 71.9 cm³/mol. The highest BCUT2D eigenvalue weighted by molar-refractivity contribution is 5.94. The fraction of sp³-hybridized carbons (Fsp3) is 0.286. The summed E-state index contributed by atoms with van der Waals surface area (Å²) in [5, 5.41) is 11.0. The summed E-state index contributed by atoms with van der Waals surface area (Å²) in [6.45, 7) is 3.91. The van der Waals surface area contributed by atoms with Gasteiger partial charge in [0, 0.05) is 6.08 Å². The molecule has 0 aliphatic rings. The number of ether oxygens (including phenoxy) is 1. The molecule has 0 heterocycles. The number of hydrogen-bond donors (Lipinski definition) is 2. The van der Waals surface area contributed by atoms with Gasteiger partial charge in [0.25, 0.3) is 0 Å². The summed E-state index contributed by atoms with van der Waals surface area (Å²) in [5.74, 6) is -0.741.